The normalized spacial score (nSPS) is 22.7. The molecule has 0 saturated heterocycles. The van der Waals surface area contributed by atoms with Crippen LogP contribution in [0.1, 0.15) is 37.5 Å². The predicted octanol–water partition coefficient (Wildman–Crippen LogP) is 5.94. The Morgan fingerprint density at radius 1 is 0.615 bits per heavy atom. The summed E-state index contributed by atoms with van der Waals surface area (Å²) in [5, 5.41) is 0. The number of hydrogen-bond donors (Lipinski definition) is 0. The first-order chi connectivity index (χ1) is 12.6. The molecule has 1 fully saturated rings. The molecular formula is C25H26O. The van der Waals surface area contributed by atoms with Gasteiger partial charge < -0.3 is 4.74 Å². The second-order valence-electron chi connectivity index (χ2n) is 7.59. The lowest BCUT2D eigenvalue weighted by molar-refractivity contribution is 0.00327. The quantitative estimate of drug-likeness (QED) is 0.557. The molecular weight excluding hydrogens is 316 g/mol. The number of rotatable bonds is 5. The van der Waals surface area contributed by atoms with Crippen LogP contribution in [0.25, 0.3) is 0 Å². The molecule has 1 aliphatic rings. The molecule has 0 radical (unpaired) electrons. The van der Waals surface area contributed by atoms with E-state index in [0.29, 0.717) is 6.61 Å². The molecule has 0 N–H and O–H groups in total. The lowest BCUT2D eigenvalue weighted by atomic mass is 9.80. The minimum absolute atomic E-state index is 0.0833. The first-order valence-electron chi connectivity index (χ1n) is 9.43. The van der Waals surface area contributed by atoms with Crippen LogP contribution in [0.4, 0.5) is 0 Å². The molecule has 1 aliphatic carbocycles. The van der Waals surface area contributed by atoms with Crippen LogP contribution in [0.15, 0.2) is 91.0 Å². The highest BCUT2D eigenvalue weighted by atomic mass is 16.5. The second kappa shape index (κ2) is 6.10. The highest BCUT2D eigenvalue weighted by Gasteiger charge is 2.85. The van der Waals surface area contributed by atoms with Gasteiger partial charge >= 0.3 is 0 Å². The van der Waals surface area contributed by atoms with Gasteiger partial charge in [0.15, 0.2) is 0 Å². The van der Waals surface area contributed by atoms with Gasteiger partial charge in [-0.2, -0.15) is 0 Å². The van der Waals surface area contributed by atoms with Crippen molar-refractivity contribution in [1.29, 1.82) is 0 Å². The summed E-state index contributed by atoms with van der Waals surface area (Å²) in [5.74, 6) is 0. The van der Waals surface area contributed by atoms with Gasteiger partial charge in [0.05, 0.1) is 5.41 Å². The Morgan fingerprint density at radius 3 is 1.38 bits per heavy atom. The van der Waals surface area contributed by atoms with Crippen LogP contribution in [0.5, 0.6) is 0 Å². The summed E-state index contributed by atoms with van der Waals surface area (Å²) in [6.07, 6.45) is 0. The highest BCUT2D eigenvalue weighted by Crippen LogP contribution is 2.81. The van der Waals surface area contributed by atoms with Crippen LogP contribution in [0.2, 0.25) is 0 Å². The van der Waals surface area contributed by atoms with Crippen molar-refractivity contribution in [2.24, 2.45) is 5.41 Å². The molecule has 3 aromatic rings. The summed E-state index contributed by atoms with van der Waals surface area (Å²) >= 11 is 0. The van der Waals surface area contributed by atoms with Gasteiger partial charge in [-0.1, -0.05) is 105 Å². The Bertz CT molecular complexity index is 828. The first-order valence-corrected chi connectivity index (χ1v) is 9.43. The fourth-order valence-corrected chi connectivity index (χ4v) is 5.34. The Morgan fingerprint density at radius 2 is 1.00 bits per heavy atom. The standard InChI is InChI=1S/C25H26O/c1-4-26-25(22-18-12-7-13-19-22)23(2,3)24(25,20-14-8-5-9-15-20)21-16-10-6-11-17-21/h5-19H,4H2,1-3H3. The van der Waals surface area contributed by atoms with Gasteiger partial charge in [0.25, 0.3) is 0 Å². The monoisotopic (exact) mass is 342 g/mol. The van der Waals surface area contributed by atoms with Crippen LogP contribution in [-0.4, -0.2) is 6.61 Å². The van der Waals surface area contributed by atoms with E-state index in [2.05, 4.69) is 112 Å². The average Bonchev–Trinajstić information content (AvgIpc) is 3.15. The molecule has 0 bridgehead atoms. The van der Waals surface area contributed by atoms with Gasteiger partial charge in [0, 0.05) is 12.0 Å². The van der Waals surface area contributed by atoms with Gasteiger partial charge in [-0.3, -0.25) is 0 Å². The third kappa shape index (κ3) is 1.95. The highest BCUT2D eigenvalue weighted by molar-refractivity contribution is 5.61. The lowest BCUT2D eigenvalue weighted by Gasteiger charge is -2.27. The van der Waals surface area contributed by atoms with Crippen molar-refractivity contribution in [2.45, 2.75) is 31.8 Å². The zero-order valence-electron chi connectivity index (χ0n) is 15.8. The Kier molecular flexibility index (Phi) is 4.00. The zero-order chi connectivity index (χ0) is 18.3. The summed E-state index contributed by atoms with van der Waals surface area (Å²) in [7, 11) is 0. The Labute approximate surface area is 156 Å². The first kappa shape index (κ1) is 17.1. The van der Waals surface area contributed by atoms with E-state index in [-0.39, 0.29) is 10.8 Å². The molecule has 0 aromatic heterocycles. The van der Waals surface area contributed by atoms with Crippen molar-refractivity contribution in [1.82, 2.24) is 0 Å². The molecule has 0 amide bonds. The number of ether oxygens (including phenoxy) is 1. The molecule has 3 aromatic carbocycles. The van der Waals surface area contributed by atoms with Gasteiger partial charge in [-0.15, -0.1) is 0 Å². The summed E-state index contributed by atoms with van der Waals surface area (Å²) in [6.45, 7) is 7.46. The maximum Gasteiger partial charge on any atom is 0.114 e. The van der Waals surface area contributed by atoms with Crippen molar-refractivity contribution in [3.05, 3.63) is 108 Å². The minimum atomic E-state index is -0.390. The van der Waals surface area contributed by atoms with E-state index >= 15 is 0 Å². The zero-order valence-corrected chi connectivity index (χ0v) is 15.8. The topological polar surface area (TPSA) is 9.23 Å². The van der Waals surface area contributed by atoms with Crippen molar-refractivity contribution in [3.63, 3.8) is 0 Å². The SMILES string of the molecule is CCOC1(c2ccccc2)C(C)(C)C1(c1ccccc1)c1ccccc1. The van der Waals surface area contributed by atoms with Crippen molar-refractivity contribution in [2.75, 3.05) is 6.61 Å². The van der Waals surface area contributed by atoms with E-state index in [1.165, 1.54) is 16.7 Å². The Balaban J connectivity index is 2.06. The maximum atomic E-state index is 6.67. The van der Waals surface area contributed by atoms with Gasteiger partial charge in [0.2, 0.25) is 0 Å². The molecule has 1 atom stereocenters. The molecule has 1 unspecified atom stereocenters. The van der Waals surface area contributed by atoms with Crippen molar-refractivity contribution >= 4 is 0 Å². The Hall–Kier alpha value is -2.38. The van der Waals surface area contributed by atoms with Crippen LogP contribution < -0.4 is 0 Å². The van der Waals surface area contributed by atoms with E-state index in [1.807, 2.05) is 0 Å². The lowest BCUT2D eigenvalue weighted by Crippen LogP contribution is -2.26. The fraction of sp³-hybridized carbons (Fsp3) is 0.280. The predicted molar refractivity (Wildman–Crippen MR) is 107 cm³/mol. The smallest absolute Gasteiger partial charge is 0.114 e. The van der Waals surface area contributed by atoms with Crippen LogP contribution in [-0.2, 0) is 15.8 Å². The third-order valence-corrected chi connectivity index (χ3v) is 6.24. The maximum absolute atomic E-state index is 6.67. The van der Waals surface area contributed by atoms with E-state index in [9.17, 15) is 0 Å². The molecule has 0 spiro atoms. The van der Waals surface area contributed by atoms with Crippen LogP contribution in [0.3, 0.4) is 0 Å². The number of benzene rings is 3. The van der Waals surface area contributed by atoms with Crippen molar-refractivity contribution in [3.8, 4) is 0 Å². The fourth-order valence-electron chi connectivity index (χ4n) is 5.34. The van der Waals surface area contributed by atoms with E-state index in [1.54, 1.807) is 0 Å². The molecule has 1 heteroatoms. The summed E-state index contributed by atoms with van der Waals surface area (Å²) in [5.41, 5.74) is 3.18. The molecule has 0 heterocycles. The third-order valence-electron chi connectivity index (χ3n) is 6.24. The minimum Gasteiger partial charge on any atom is -0.369 e. The van der Waals surface area contributed by atoms with E-state index in [4.69, 9.17) is 4.74 Å². The molecule has 1 nitrogen and oxygen atoms in total. The molecule has 4 rings (SSSR count). The van der Waals surface area contributed by atoms with E-state index in [0.717, 1.165) is 0 Å². The van der Waals surface area contributed by atoms with E-state index < -0.39 is 5.60 Å². The summed E-state index contributed by atoms with van der Waals surface area (Å²) in [6, 6.07) is 32.4. The molecule has 26 heavy (non-hydrogen) atoms. The van der Waals surface area contributed by atoms with Gasteiger partial charge in [-0.25, -0.2) is 0 Å². The van der Waals surface area contributed by atoms with Crippen LogP contribution >= 0.6 is 0 Å². The average molecular weight is 342 g/mol. The second-order valence-corrected chi connectivity index (χ2v) is 7.59. The summed E-state index contributed by atoms with van der Waals surface area (Å²) < 4.78 is 6.67. The number of hydrogen-bond acceptors (Lipinski definition) is 1. The molecule has 132 valence electrons. The van der Waals surface area contributed by atoms with Crippen molar-refractivity contribution < 1.29 is 4.74 Å². The van der Waals surface area contributed by atoms with Gasteiger partial charge in [0.1, 0.15) is 5.60 Å². The van der Waals surface area contributed by atoms with Crippen LogP contribution in [0, 0.1) is 5.41 Å². The van der Waals surface area contributed by atoms with Gasteiger partial charge in [-0.05, 0) is 23.6 Å². The molecule has 1 saturated carbocycles. The largest absolute Gasteiger partial charge is 0.369 e. The molecule has 0 aliphatic heterocycles. The summed E-state index contributed by atoms with van der Waals surface area (Å²) in [4.78, 5) is 0.